The van der Waals surface area contributed by atoms with Crippen LogP contribution in [0.25, 0.3) is 0 Å². The van der Waals surface area contributed by atoms with Crippen LogP contribution in [0.2, 0.25) is 5.02 Å². The first-order valence-corrected chi connectivity index (χ1v) is 7.88. The molecule has 21 heavy (non-hydrogen) atoms. The van der Waals surface area contributed by atoms with Gasteiger partial charge in [-0.3, -0.25) is 0 Å². The van der Waals surface area contributed by atoms with Gasteiger partial charge in [0, 0.05) is 22.5 Å². The summed E-state index contributed by atoms with van der Waals surface area (Å²) in [4.78, 5) is 0. The summed E-state index contributed by atoms with van der Waals surface area (Å²) in [6.45, 7) is 3.88. The van der Waals surface area contributed by atoms with Crippen molar-refractivity contribution in [1.29, 1.82) is 0 Å². The van der Waals surface area contributed by atoms with Gasteiger partial charge in [0.25, 0.3) is 0 Å². The van der Waals surface area contributed by atoms with E-state index in [2.05, 4.69) is 36.5 Å². The van der Waals surface area contributed by atoms with Crippen LogP contribution in [0, 0.1) is 0 Å². The number of ether oxygens (including phenoxy) is 1. The average Bonchev–Trinajstić information content (AvgIpc) is 2.92. The molecule has 2 nitrogen and oxygen atoms in total. The molecule has 2 aromatic rings. The van der Waals surface area contributed by atoms with Crippen molar-refractivity contribution in [3.63, 3.8) is 0 Å². The van der Waals surface area contributed by atoms with Crippen LogP contribution in [-0.2, 0) is 0 Å². The summed E-state index contributed by atoms with van der Waals surface area (Å²) in [6, 6.07) is 16.7. The molecule has 0 radical (unpaired) electrons. The van der Waals surface area contributed by atoms with E-state index < -0.39 is 0 Å². The number of para-hydroxylation sites is 1. The van der Waals surface area contributed by atoms with Crippen molar-refractivity contribution in [2.24, 2.45) is 0 Å². The summed E-state index contributed by atoms with van der Waals surface area (Å²) in [6.07, 6.45) is 1.10. The van der Waals surface area contributed by atoms with E-state index in [0.29, 0.717) is 12.5 Å². The van der Waals surface area contributed by atoms with Gasteiger partial charge in [-0.25, -0.2) is 0 Å². The molecule has 1 heterocycles. The number of hydrogen-bond donors (Lipinski definition) is 1. The van der Waals surface area contributed by atoms with Crippen LogP contribution in [0.3, 0.4) is 0 Å². The van der Waals surface area contributed by atoms with Crippen molar-refractivity contribution in [2.45, 2.75) is 25.3 Å². The van der Waals surface area contributed by atoms with Crippen LogP contribution in [-0.4, -0.2) is 13.2 Å². The monoisotopic (exact) mass is 301 g/mol. The molecule has 0 fully saturated rings. The van der Waals surface area contributed by atoms with Crippen LogP contribution in [0.1, 0.15) is 36.4 Å². The molecule has 1 aliphatic heterocycles. The van der Waals surface area contributed by atoms with Crippen LogP contribution in [0.15, 0.2) is 48.5 Å². The molecule has 1 aliphatic rings. The summed E-state index contributed by atoms with van der Waals surface area (Å²) in [5.74, 6) is 1.33. The topological polar surface area (TPSA) is 21.3 Å². The van der Waals surface area contributed by atoms with Crippen molar-refractivity contribution in [3.05, 3.63) is 64.7 Å². The minimum Gasteiger partial charge on any atom is -0.493 e. The fourth-order valence-electron chi connectivity index (χ4n) is 2.96. The first-order chi connectivity index (χ1) is 10.3. The largest absolute Gasteiger partial charge is 0.493 e. The van der Waals surface area contributed by atoms with E-state index in [9.17, 15) is 0 Å². The zero-order valence-electron chi connectivity index (χ0n) is 12.2. The SMILES string of the molecule is CCCNC(c1cccc(Cl)c1)C1COc2ccccc21. The lowest BCUT2D eigenvalue weighted by Gasteiger charge is -2.25. The minimum absolute atomic E-state index is 0.229. The molecule has 110 valence electrons. The molecule has 0 amide bonds. The molecule has 0 saturated heterocycles. The summed E-state index contributed by atoms with van der Waals surface area (Å²) >= 11 is 6.17. The van der Waals surface area contributed by atoms with Crippen molar-refractivity contribution < 1.29 is 4.74 Å². The summed E-state index contributed by atoms with van der Waals surface area (Å²) in [5, 5.41) is 4.44. The molecular formula is C18H20ClNO. The van der Waals surface area contributed by atoms with E-state index in [1.54, 1.807) is 0 Å². The Morgan fingerprint density at radius 2 is 2.10 bits per heavy atom. The van der Waals surface area contributed by atoms with Gasteiger partial charge < -0.3 is 10.1 Å². The second-order valence-electron chi connectivity index (χ2n) is 5.44. The van der Waals surface area contributed by atoms with E-state index >= 15 is 0 Å². The minimum atomic E-state index is 0.229. The fraction of sp³-hybridized carbons (Fsp3) is 0.333. The van der Waals surface area contributed by atoms with Crippen molar-refractivity contribution >= 4 is 11.6 Å². The van der Waals surface area contributed by atoms with Crippen LogP contribution in [0.5, 0.6) is 5.75 Å². The molecule has 3 rings (SSSR count). The quantitative estimate of drug-likeness (QED) is 0.874. The molecule has 2 atom stereocenters. The Morgan fingerprint density at radius 3 is 2.90 bits per heavy atom. The Kier molecular flexibility index (Phi) is 4.47. The highest BCUT2D eigenvalue weighted by molar-refractivity contribution is 6.30. The molecule has 0 bridgehead atoms. The van der Waals surface area contributed by atoms with E-state index in [0.717, 1.165) is 23.7 Å². The second-order valence-corrected chi connectivity index (χ2v) is 5.88. The van der Waals surface area contributed by atoms with Crippen LogP contribution in [0.4, 0.5) is 0 Å². The molecule has 3 heteroatoms. The smallest absolute Gasteiger partial charge is 0.122 e. The van der Waals surface area contributed by atoms with Crippen molar-refractivity contribution in [1.82, 2.24) is 5.32 Å². The zero-order valence-corrected chi connectivity index (χ0v) is 12.9. The van der Waals surface area contributed by atoms with Crippen LogP contribution < -0.4 is 10.1 Å². The van der Waals surface area contributed by atoms with Crippen molar-refractivity contribution in [2.75, 3.05) is 13.2 Å². The van der Waals surface area contributed by atoms with E-state index in [4.69, 9.17) is 16.3 Å². The Balaban J connectivity index is 1.93. The number of benzene rings is 2. The van der Waals surface area contributed by atoms with Crippen LogP contribution >= 0.6 is 11.6 Å². The number of halogens is 1. The third kappa shape index (κ3) is 3.07. The Bertz CT molecular complexity index is 614. The van der Waals surface area contributed by atoms with Gasteiger partial charge >= 0.3 is 0 Å². The summed E-state index contributed by atoms with van der Waals surface area (Å²) in [7, 11) is 0. The third-order valence-corrected chi connectivity index (χ3v) is 4.20. The van der Waals surface area contributed by atoms with Gasteiger partial charge in [0.15, 0.2) is 0 Å². The highest BCUT2D eigenvalue weighted by Gasteiger charge is 2.31. The zero-order chi connectivity index (χ0) is 14.7. The molecule has 0 saturated carbocycles. The van der Waals surface area contributed by atoms with Gasteiger partial charge in [-0.05, 0) is 36.7 Å². The lowest BCUT2D eigenvalue weighted by molar-refractivity contribution is 0.299. The van der Waals surface area contributed by atoms with Gasteiger partial charge in [-0.1, -0.05) is 48.9 Å². The first-order valence-electron chi connectivity index (χ1n) is 7.50. The summed E-state index contributed by atoms with van der Waals surface area (Å²) < 4.78 is 5.85. The summed E-state index contributed by atoms with van der Waals surface area (Å²) in [5.41, 5.74) is 2.51. The molecular weight excluding hydrogens is 282 g/mol. The first kappa shape index (κ1) is 14.4. The molecule has 0 spiro atoms. The fourth-order valence-corrected chi connectivity index (χ4v) is 3.15. The maximum atomic E-state index is 6.17. The highest BCUT2D eigenvalue weighted by atomic mass is 35.5. The highest BCUT2D eigenvalue weighted by Crippen LogP contribution is 2.41. The van der Waals surface area contributed by atoms with Gasteiger partial charge in [0.2, 0.25) is 0 Å². The number of fused-ring (bicyclic) bond motifs is 1. The predicted molar refractivity (Wildman–Crippen MR) is 87.2 cm³/mol. The second kappa shape index (κ2) is 6.50. The normalized spacial score (nSPS) is 18.1. The van der Waals surface area contributed by atoms with E-state index in [1.165, 1.54) is 11.1 Å². The molecule has 2 aromatic carbocycles. The molecule has 2 unspecified atom stereocenters. The standard InChI is InChI=1S/C18H20ClNO/c1-2-10-20-18(13-6-5-7-14(19)11-13)16-12-21-17-9-4-3-8-15(16)17/h3-9,11,16,18,20H,2,10,12H2,1H3. The molecule has 0 aliphatic carbocycles. The number of hydrogen-bond acceptors (Lipinski definition) is 2. The van der Waals surface area contributed by atoms with Gasteiger partial charge in [0.1, 0.15) is 5.75 Å². The lowest BCUT2D eigenvalue weighted by Crippen LogP contribution is -2.28. The van der Waals surface area contributed by atoms with Gasteiger partial charge in [-0.15, -0.1) is 0 Å². The average molecular weight is 302 g/mol. The Hall–Kier alpha value is -1.51. The number of nitrogens with one attached hydrogen (secondary N) is 1. The molecule has 0 aromatic heterocycles. The maximum absolute atomic E-state index is 6.17. The third-order valence-electron chi connectivity index (χ3n) is 3.96. The number of rotatable bonds is 5. The van der Waals surface area contributed by atoms with E-state index in [1.807, 2.05) is 24.3 Å². The Morgan fingerprint density at radius 1 is 1.24 bits per heavy atom. The predicted octanol–water partition coefficient (Wildman–Crippen LogP) is 4.56. The van der Waals surface area contributed by atoms with E-state index in [-0.39, 0.29) is 6.04 Å². The van der Waals surface area contributed by atoms with Gasteiger partial charge in [0.05, 0.1) is 6.61 Å². The lowest BCUT2D eigenvalue weighted by atomic mass is 9.88. The van der Waals surface area contributed by atoms with Crippen molar-refractivity contribution in [3.8, 4) is 5.75 Å². The van der Waals surface area contributed by atoms with Gasteiger partial charge in [-0.2, -0.15) is 0 Å². The Labute approximate surface area is 131 Å². The molecule has 1 N–H and O–H groups in total. The maximum Gasteiger partial charge on any atom is 0.122 e.